The Kier molecular flexibility index (Phi) is 6.79. The molecule has 1 aromatic heterocycles. The van der Waals surface area contributed by atoms with Gasteiger partial charge in [-0.2, -0.15) is 15.0 Å². The van der Waals surface area contributed by atoms with Gasteiger partial charge in [-0.3, -0.25) is 0 Å². The Labute approximate surface area is 174 Å². The van der Waals surface area contributed by atoms with E-state index in [2.05, 4.69) is 25.6 Å². The van der Waals surface area contributed by atoms with E-state index >= 15 is 0 Å². The van der Waals surface area contributed by atoms with Crippen molar-refractivity contribution in [3.63, 3.8) is 0 Å². The molecule has 0 unspecified atom stereocenters. The van der Waals surface area contributed by atoms with Crippen LogP contribution in [0.4, 0.5) is 33.6 Å². The summed E-state index contributed by atoms with van der Waals surface area (Å²) in [6.45, 7) is 4.68. The standard InChI is InChI=1S/C20H21FN6O.ClH/c1-14-5-7-16(8-6-14)22-18-24-19(23-17-4-2-3-15(21)13-17)26-20(25-18)27-9-11-28-12-10-27;/h2-8,13H,9-12H2,1H3,(H2,22,23,24,25,26);1H. The predicted molar refractivity (Wildman–Crippen MR) is 114 cm³/mol. The van der Waals surface area contributed by atoms with Gasteiger partial charge in [-0.1, -0.05) is 23.8 Å². The molecule has 1 aliphatic heterocycles. The number of aryl methyl sites for hydroxylation is 1. The minimum absolute atomic E-state index is 0. The fraction of sp³-hybridized carbons (Fsp3) is 0.250. The summed E-state index contributed by atoms with van der Waals surface area (Å²) >= 11 is 0. The maximum Gasteiger partial charge on any atom is 0.233 e. The van der Waals surface area contributed by atoms with Crippen molar-refractivity contribution in [1.29, 1.82) is 0 Å². The zero-order valence-corrected chi connectivity index (χ0v) is 16.7. The number of hydrogen-bond acceptors (Lipinski definition) is 7. The molecule has 0 spiro atoms. The molecule has 4 rings (SSSR count). The maximum atomic E-state index is 13.5. The number of ether oxygens (including phenoxy) is 1. The van der Waals surface area contributed by atoms with Gasteiger partial charge in [0.2, 0.25) is 17.8 Å². The summed E-state index contributed by atoms with van der Waals surface area (Å²) in [7, 11) is 0. The second-order valence-corrected chi connectivity index (χ2v) is 6.51. The quantitative estimate of drug-likeness (QED) is 0.649. The molecule has 1 saturated heterocycles. The van der Waals surface area contributed by atoms with Crippen LogP contribution in [0.3, 0.4) is 0 Å². The average Bonchev–Trinajstić information content (AvgIpc) is 2.70. The predicted octanol–water partition coefficient (Wildman–Crippen LogP) is 4.06. The summed E-state index contributed by atoms with van der Waals surface area (Å²) in [6, 6.07) is 14.1. The van der Waals surface area contributed by atoms with Crippen LogP contribution in [0.2, 0.25) is 0 Å². The van der Waals surface area contributed by atoms with Crippen molar-refractivity contribution < 1.29 is 9.13 Å². The highest BCUT2D eigenvalue weighted by molar-refractivity contribution is 5.85. The van der Waals surface area contributed by atoms with Crippen LogP contribution in [-0.4, -0.2) is 41.3 Å². The largest absolute Gasteiger partial charge is 0.378 e. The molecule has 9 heteroatoms. The molecule has 0 saturated carbocycles. The van der Waals surface area contributed by atoms with Crippen molar-refractivity contribution in [2.75, 3.05) is 41.8 Å². The molecule has 0 bridgehead atoms. The lowest BCUT2D eigenvalue weighted by molar-refractivity contribution is 0.122. The molecule has 152 valence electrons. The average molecular weight is 417 g/mol. The third kappa shape index (κ3) is 5.52. The highest BCUT2D eigenvalue weighted by Gasteiger charge is 2.17. The van der Waals surface area contributed by atoms with Crippen molar-refractivity contribution >= 4 is 41.6 Å². The maximum absolute atomic E-state index is 13.5. The van der Waals surface area contributed by atoms with Crippen LogP contribution in [0.1, 0.15) is 5.56 Å². The van der Waals surface area contributed by atoms with Gasteiger partial charge in [-0.15, -0.1) is 12.4 Å². The molecule has 0 radical (unpaired) electrons. The van der Waals surface area contributed by atoms with Crippen LogP contribution in [0.25, 0.3) is 0 Å². The van der Waals surface area contributed by atoms with Gasteiger partial charge in [0.05, 0.1) is 13.2 Å². The van der Waals surface area contributed by atoms with Gasteiger partial charge in [0.25, 0.3) is 0 Å². The molecule has 2 aromatic carbocycles. The summed E-state index contributed by atoms with van der Waals surface area (Å²) in [5.74, 6) is 0.980. The fourth-order valence-electron chi connectivity index (χ4n) is 2.84. The van der Waals surface area contributed by atoms with Crippen molar-refractivity contribution in [2.45, 2.75) is 6.92 Å². The lowest BCUT2D eigenvalue weighted by atomic mass is 10.2. The highest BCUT2D eigenvalue weighted by Crippen LogP contribution is 2.21. The van der Waals surface area contributed by atoms with E-state index in [1.165, 1.54) is 17.7 Å². The zero-order chi connectivity index (χ0) is 19.3. The number of nitrogens with one attached hydrogen (secondary N) is 2. The third-order valence-electron chi connectivity index (χ3n) is 4.31. The number of morpholine rings is 1. The monoisotopic (exact) mass is 416 g/mol. The Morgan fingerprint density at radius 2 is 1.55 bits per heavy atom. The first-order valence-electron chi connectivity index (χ1n) is 9.11. The Morgan fingerprint density at radius 1 is 0.897 bits per heavy atom. The van der Waals surface area contributed by atoms with Gasteiger partial charge in [0.1, 0.15) is 5.82 Å². The van der Waals surface area contributed by atoms with Gasteiger partial charge in [0, 0.05) is 24.5 Å². The van der Waals surface area contributed by atoms with Crippen LogP contribution >= 0.6 is 12.4 Å². The number of hydrogen-bond donors (Lipinski definition) is 2. The molecule has 3 aromatic rings. The second-order valence-electron chi connectivity index (χ2n) is 6.51. The van der Waals surface area contributed by atoms with E-state index in [1.54, 1.807) is 12.1 Å². The van der Waals surface area contributed by atoms with Gasteiger partial charge < -0.3 is 20.3 Å². The summed E-state index contributed by atoms with van der Waals surface area (Å²) < 4.78 is 18.9. The lowest BCUT2D eigenvalue weighted by Gasteiger charge is -2.27. The first-order valence-corrected chi connectivity index (χ1v) is 9.11. The molecule has 7 nitrogen and oxygen atoms in total. The van der Waals surface area contributed by atoms with Crippen molar-refractivity contribution in [2.24, 2.45) is 0 Å². The topological polar surface area (TPSA) is 75.2 Å². The molecular formula is C20H22ClFN6O. The van der Waals surface area contributed by atoms with Crippen molar-refractivity contribution in [3.05, 3.63) is 59.9 Å². The molecule has 29 heavy (non-hydrogen) atoms. The number of rotatable bonds is 5. The first-order chi connectivity index (χ1) is 13.7. The second kappa shape index (κ2) is 9.49. The van der Waals surface area contributed by atoms with E-state index in [-0.39, 0.29) is 18.2 Å². The molecule has 0 amide bonds. The van der Waals surface area contributed by atoms with E-state index in [0.29, 0.717) is 49.8 Å². The Balaban J connectivity index is 0.00000240. The molecule has 2 heterocycles. The van der Waals surface area contributed by atoms with Crippen LogP contribution in [0, 0.1) is 12.7 Å². The summed E-state index contributed by atoms with van der Waals surface area (Å²) in [6.07, 6.45) is 0. The summed E-state index contributed by atoms with van der Waals surface area (Å²) in [4.78, 5) is 15.6. The number of nitrogens with zero attached hydrogens (tertiary/aromatic N) is 4. The molecule has 1 fully saturated rings. The van der Waals surface area contributed by atoms with Gasteiger partial charge in [-0.25, -0.2) is 4.39 Å². The van der Waals surface area contributed by atoms with Gasteiger partial charge in [0.15, 0.2) is 0 Å². The van der Waals surface area contributed by atoms with E-state index in [9.17, 15) is 4.39 Å². The van der Waals surface area contributed by atoms with Crippen LogP contribution in [-0.2, 0) is 4.74 Å². The minimum Gasteiger partial charge on any atom is -0.378 e. The third-order valence-corrected chi connectivity index (χ3v) is 4.31. The summed E-state index contributed by atoms with van der Waals surface area (Å²) in [5, 5.41) is 6.27. The SMILES string of the molecule is Cc1ccc(Nc2nc(Nc3cccc(F)c3)nc(N3CCOCC3)n2)cc1.Cl. The van der Waals surface area contributed by atoms with E-state index in [0.717, 1.165) is 5.69 Å². The smallest absolute Gasteiger partial charge is 0.233 e. The molecule has 2 N–H and O–H groups in total. The normalized spacial score (nSPS) is 13.5. The number of aromatic nitrogens is 3. The molecule has 0 atom stereocenters. The highest BCUT2D eigenvalue weighted by atomic mass is 35.5. The van der Waals surface area contributed by atoms with Gasteiger partial charge >= 0.3 is 0 Å². The van der Waals surface area contributed by atoms with E-state index in [4.69, 9.17) is 4.74 Å². The first kappa shape index (κ1) is 20.8. The van der Waals surface area contributed by atoms with Crippen LogP contribution in [0.5, 0.6) is 0 Å². The molecule has 1 aliphatic rings. The van der Waals surface area contributed by atoms with Crippen molar-refractivity contribution in [3.8, 4) is 0 Å². The number of halogens is 2. The van der Waals surface area contributed by atoms with Crippen LogP contribution in [0.15, 0.2) is 48.5 Å². The fourth-order valence-corrected chi connectivity index (χ4v) is 2.84. The lowest BCUT2D eigenvalue weighted by Crippen LogP contribution is -2.37. The number of benzene rings is 2. The molecular weight excluding hydrogens is 395 g/mol. The summed E-state index contributed by atoms with van der Waals surface area (Å²) in [5.41, 5.74) is 2.62. The Morgan fingerprint density at radius 3 is 2.21 bits per heavy atom. The van der Waals surface area contributed by atoms with Crippen LogP contribution < -0.4 is 15.5 Å². The van der Waals surface area contributed by atoms with Crippen molar-refractivity contribution in [1.82, 2.24) is 15.0 Å². The zero-order valence-electron chi connectivity index (χ0n) is 15.9. The van der Waals surface area contributed by atoms with E-state index in [1.807, 2.05) is 36.1 Å². The Bertz CT molecular complexity index is 950. The van der Waals surface area contributed by atoms with Gasteiger partial charge in [-0.05, 0) is 37.3 Å². The molecule has 0 aliphatic carbocycles. The Hall–Kier alpha value is -2.97. The minimum atomic E-state index is -0.328. The number of anilines is 5. The van der Waals surface area contributed by atoms with E-state index < -0.39 is 0 Å².